The second-order valence-corrected chi connectivity index (χ2v) is 8.27. The molecule has 3 aromatic rings. The lowest BCUT2D eigenvalue weighted by molar-refractivity contribution is -0.146. The zero-order valence-corrected chi connectivity index (χ0v) is 18.5. The van der Waals surface area contributed by atoms with E-state index in [9.17, 15) is 14.7 Å². The molecule has 1 unspecified atom stereocenters. The van der Waals surface area contributed by atoms with Gasteiger partial charge in [-0.3, -0.25) is 9.59 Å². The Bertz CT molecular complexity index is 1000. The number of carbonyl (C=O) groups excluding carboxylic acids is 1. The Kier molecular flexibility index (Phi) is 7.98. The number of carbonyl (C=O) groups is 2. The largest absolute Gasteiger partial charge is 0.489 e. The number of rotatable bonds is 10. The summed E-state index contributed by atoms with van der Waals surface area (Å²) in [6.07, 6.45) is 0.378. The van der Waals surface area contributed by atoms with Crippen LogP contribution in [-0.2, 0) is 29.0 Å². The van der Waals surface area contributed by atoms with Gasteiger partial charge in [-0.2, -0.15) is 0 Å². The summed E-state index contributed by atoms with van der Waals surface area (Å²) in [5.41, 5.74) is 8.73. The van der Waals surface area contributed by atoms with Gasteiger partial charge in [0.05, 0.1) is 6.04 Å². The Labute approximate surface area is 190 Å². The Morgan fingerprint density at radius 2 is 1.42 bits per heavy atom. The molecule has 0 fully saturated rings. The van der Waals surface area contributed by atoms with E-state index in [1.54, 1.807) is 24.3 Å². The van der Waals surface area contributed by atoms with Crippen molar-refractivity contribution < 1.29 is 19.4 Å². The van der Waals surface area contributed by atoms with Crippen molar-refractivity contribution in [3.8, 4) is 5.75 Å². The lowest BCUT2D eigenvalue weighted by Gasteiger charge is -2.17. The highest BCUT2D eigenvalue weighted by atomic mass is 79.9. The molecule has 0 aliphatic carbocycles. The first-order valence-corrected chi connectivity index (χ1v) is 10.7. The minimum atomic E-state index is -1.19. The van der Waals surface area contributed by atoms with Gasteiger partial charge in [-0.15, -0.1) is 0 Å². The van der Waals surface area contributed by atoms with Crippen LogP contribution in [0.25, 0.3) is 0 Å². The van der Waals surface area contributed by atoms with Crippen molar-refractivity contribution in [2.24, 2.45) is 11.7 Å². The van der Waals surface area contributed by atoms with Gasteiger partial charge in [0.2, 0.25) is 0 Å². The lowest BCUT2D eigenvalue weighted by atomic mass is 9.89. The van der Waals surface area contributed by atoms with E-state index < -0.39 is 23.7 Å². The van der Waals surface area contributed by atoms with Crippen molar-refractivity contribution >= 4 is 27.7 Å². The molecule has 6 heteroatoms. The molecule has 0 bridgehead atoms. The van der Waals surface area contributed by atoms with E-state index in [0.29, 0.717) is 18.8 Å². The molecule has 0 saturated carbocycles. The predicted octanol–water partition coefficient (Wildman–Crippen LogP) is 4.41. The third kappa shape index (κ3) is 6.77. The Morgan fingerprint density at radius 3 is 2.03 bits per heavy atom. The number of aliphatic carboxylic acids is 1. The van der Waals surface area contributed by atoms with E-state index in [-0.39, 0.29) is 6.42 Å². The summed E-state index contributed by atoms with van der Waals surface area (Å²) in [5, 5.41) is 9.61. The normalized spacial score (nSPS) is 12.7. The molecule has 5 nitrogen and oxygen atoms in total. The number of carboxylic acids is 1. The van der Waals surface area contributed by atoms with Crippen LogP contribution in [0.3, 0.4) is 0 Å². The van der Waals surface area contributed by atoms with Gasteiger partial charge in [0, 0.05) is 4.47 Å². The van der Waals surface area contributed by atoms with Crippen molar-refractivity contribution in [2.75, 3.05) is 0 Å². The minimum Gasteiger partial charge on any atom is -0.489 e. The van der Waals surface area contributed by atoms with Crippen LogP contribution in [0, 0.1) is 5.92 Å². The summed E-state index contributed by atoms with van der Waals surface area (Å²) in [6.45, 7) is 0.446. The van der Waals surface area contributed by atoms with E-state index in [4.69, 9.17) is 10.5 Å². The zero-order chi connectivity index (χ0) is 22.2. The van der Waals surface area contributed by atoms with Crippen LogP contribution in [-0.4, -0.2) is 22.9 Å². The molecule has 0 radical (unpaired) electrons. The molecular weight excluding hydrogens is 458 g/mol. The van der Waals surface area contributed by atoms with Crippen molar-refractivity contribution in [2.45, 2.75) is 25.5 Å². The van der Waals surface area contributed by atoms with Crippen LogP contribution in [0.1, 0.15) is 16.7 Å². The van der Waals surface area contributed by atoms with Gasteiger partial charge in [0.1, 0.15) is 18.3 Å². The molecule has 0 spiro atoms. The maximum atomic E-state index is 12.7. The van der Waals surface area contributed by atoms with Gasteiger partial charge < -0.3 is 15.6 Å². The molecule has 3 rings (SSSR count). The first kappa shape index (κ1) is 22.7. The van der Waals surface area contributed by atoms with Gasteiger partial charge in [-0.05, 0) is 53.8 Å². The number of ether oxygens (including phenoxy) is 1. The number of nitrogens with two attached hydrogens (primary N) is 1. The smallest absolute Gasteiger partial charge is 0.314 e. The highest BCUT2D eigenvalue weighted by molar-refractivity contribution is 9.10. The Balaban J connectivity index is 1.60. The molecular formula is C25H24BrNO4. The molecule has 3 aromatic carbocycles. The first-order chi connectivity index (χ1) is 14.9. The summed E-state index contributed by atoms with van der Waals surface area (Å²) in [6, 6.07) is 23.5. The van der Waals surface area contributed by atoms with Gasteiger partial charge >= 0.3 is 5.97 Å². The summed E-state index contributed by atoms with van der Waals surface area (Å²) in [5.74, 6) is -2.15. The molecule has 31 heavy (non-hydrogen) atoms. The van der Waals surface area contributed by atoms with Crippen LogP contribution >= 0.6 is 15.9 Å². The number of halogens is 1. The van der Waals surface area contributed by atoms with Crippen LogP contribution in [0.5, 0.6) is 5.75 Å². The van der Waals surface area contributed by atoms with Gasteiger partial charge in [0.25, 0.3) is 0 Å². The van der Waals surface area contributed by atoms with Gasteiger partial charge in [-0.25, -0.2) is 0 Å². The van der Waals surface area contributed by atoms with Crippen molar-refractivity contribution in [1.29, 1.82) is 0 Å². The average molecular weight is 482 g/mol. The fourth-order valence-electron chi connectivity index (χ4n) is 3.24. The molecule has 0 aliphatic heterocycles. The maximum absolute atomic E-state index is 12.7. The molecule has 2 atom stereocenters. The highest BCUT2D eigenvalue weighted by Gasteiger charge is 2.30. The monoisotopic (exact) mass is 481 g/mol. The molecule has 0 amide bonds. The Morgan fingerprint density at radius 1 is 0.839 bits per heavy atom. The molecule has 3 N–H and O–H groups in total. The van der Waals surface area contributed by atoms with Crippen LogP contribution in [0.15, 0.2) is 83.3 Å². The minimum absolute atomic E-state index is 0.0845. The van der Waals surface area contributed by atoms with Crippen LogP contribution in [0.4, 0.5) is 0 Å². The second kappa shape index (κ2) is 10.9. The van der Waals surface area contributed by atoms with E-state index in [1.807, 2.05) is 54.6 Å². The number of carboxylic acid groups (broad SMARTS) is 1. The van der Waals surface area contributed by atoms with E-state index in [2.05, 4.69) is 15.9 Å². The fraction of sp³-hybridized carbons (Fsp3) is 0.200. The summed E-state index contributed by atoms with van der Waals surface area (Å²) < 4.78 is 6.68. The van der Waals surface area contributed by atoms with Crippen molar-refractivity contribution in [3.05, 3.63) is 100 Å². The molecule has 0 aromatic heterocycles. The summed E-state index contributed by atoms with van der Waals surface area (Å²) in [4.78, 5) is 24.5. The highest BCUT2D eigenvalue weighted by Crippen LogP contribution is 2.19. The lowest BCUT2D eigenvalue weighted by Crippen LogP contribution is -2.41. The molecule has 0 aliphatic rings. The predicted molar refractivity (Wildman–Crippen MR) is 123 cm³/mol. The quantitative estimate of drug-likeness (QED) is 0.418. The number of benzene rings is 3. The van der Waals surface area contributed by atoms with Crippen molar-refractivity contribution in [3.63, 3.8) is 0 Å². The fourth-order valence-corrected chi connectivity index (χ4v) is 3.51. The van der Waals surface area contributed by atoms with E-state index >= 15 is 0 Å². The summed E-state index contributed by atoms with van der Waals surface area (Å²) >= 11 is 3.36. The van der Waals surface area contributed by atoms with Gasteiger partial charge in [0.15, 0.2) is 5.78 Å². The second-order valence-electron chi connectivity index (χ2n) is 7.35. The third-order valence-electron chi connectivity index (χ3n) is 4.99. The van der Waals surface area contributed by atoms with Crippen molar-refractivity contribution in [1.82, 2.24) is 0 Å². The Hall–Kier alpha value is -2.96. The maximum Gasteiger partial charge on any atom is 0.314 e. The van der Waals surface area contributed by atoms with E-state index in [0.717, 1.165) is 21.2 Å². The number of hydrogen-bond acceptors (Lipinski definition) is 4. The van der Waals surface area contributed by atoms with Crippen LogP contribution in [0.2, 0.25) is 0 Å². The first-order valence-electron chi connectivity index (χ1n) is 9.94. The standard InChI is InChI=1S/C25H24BrNO4/c26-20-10-6-18(7-11-20)15-23(27)24(28)22(25(29)30)14-17-8-12-21(13-9-17)31-16-19-4-2-1-3-5-19/h1-13,22-23H,14-16,27H2,(H,29,30)/t22?,23-/m0/s1. The third-order valence-corrected chi connectivity index (χ3v) is 5.52. The number of Topliss-reactive ketones (excluding diaryl/α,β-unsaturated/α-hetero) is 1. The zero-order valence-electron chi connectivity index (χ0n) is 16.9. The van der Waals surface area contributed by atoms with E-state index in [1.165, 1.54) is 0 Å². The van der Waals surface area contributed by atoms with Crippen LogP contribution < -0.4 is 10.5 Å². The molecule has 160 valence electrons. The number of ketones is 1. The topological polar surface area (TPSA) is 89.6 Å². The molecule has 0 saturated heterocycles. The number of hydrogen-bond donors (Lipinski definition) is 2. The van der Waals surface area contributed by atoms with Gasteiger partial charge in [-0.1, -0.05) is 70.5 Å². The molecule has 0 heterocycles. The average Bonchev–Trinajstić information content (AvgIpc) is 2.78. The summed E-state index contributed by atoms with van der Waals surface area (Å²) in [7, 11) is 0. The SMILES string of the molecule is N[C@@H](Cc1ccc(Br)cc1)C(=O)C(Cc1ccc(OCc2ccccc2)cc1)C(=O)O.